The lowest BCUT2D eigenvalue weighted by atomic mass is 10.1. The Labute approximate surface area is 109 Å². The standard InChI is InChI=1S/C11H13F3N2O.ClH/c1-7(6-15)16-10(17)8-2-4-9(5-3-8)11(12,13)14;/h2-5,7H,6,15H2,1H3,(H,16,17);1H/t7-;/m0./s1. The van der Waals surface area contributed by atoms with Crippen molar-refractivity contribution in [2.24, 2.45) is 5.73 Å². The lowest BCUT2D eigenvalue weighted by Crippen LogP contribution is -2.37. The highest BCUT2D eigenvalue weighted by Crippen LogP contribution is 2.28. The molecule has 0 unspecified atom stereocenters. The van der Waals surface area contributed by atoms with Gasteiger partial charge in [0.1, 0.15) is 0 Å². The minimum atomic E-state index is -4.39. The molecule has 0 aliphatic carbocycles. The van der Waals surface area contributed by atoms with Crippen LogP contribution >= 0.6 is 12.4 Å². The fourth-order valence-corrected chi connectivity index (χ4v) is 1.18. The van der Waals surface area contributed by atoms with E-state index >= 15 is 0 Å². The number of amides is 1. The van der Waals surface area contributed by atoms with Crippen molar-refractivity contribution in [1.82, 2.24) is 5.32 Å². The summed E-state index contributed by atoms with van der Waals surface area (Å²) in [7, 11) is 0. The summed E-state index contributed by atoms with van der Waals surface area (Å²) in [5, 5.41) is 2.56. The smallest absolute Gasteiger partial charge is 0.348 e. The number of halogens is 4. The normalized spacial score (nSPS) is 12.5. The molecule has 1 atom stereocenters. The van der Waals surface area contributed by atoms with Crippen LogP contribution in [0.2, 0.25) is 0 Å². The number of hydrogen-bond acceptors (Lipinski definition) is 2. The summed E-state index contributed by atoms with van der Waals surface area (Å²) >= 11 is 0. The Hall–Kier alpha value is -1.27. The lowest BCUT2D eigenvalue weighted by molar-refractivity contribution is -0.137. The zero-order valence-corrected chi connectivity index (χ0v) is 10.4. The molecule has 0 radical (unpaired) electrons. The molecule has 0 saturated heterocycles. The van der Waals surface area contributed by atoms with E-state index in [9.17, 15) is 18.0 Å². The second-order valence-electron chi connectivity index (χ2n) is 3.69. The Morgan fingerprint density at radius 3 is 2.22 bits per heavy atom. The third-order valence-corrected chi connectivity index (χ3v) is 2.21. The molecule has 0 heterocycles. The number of nitrogens with one attached hydrogen (secondary N) is 1. The summed E-state index contributed by atoms with van der Waals surface area (Å²) in [5.74, 6) is -0.434. The van der Waals surface area contributed by atoms with Gasteiger partial charge >= 0.3 is 6.18 Å². The lowest BCUT2D eigenvalue weighted by Gasteiger charge is -2.12. The van der Waals surface area contributed by atoms with Crippen molar-refractivity contribution in [3.63, 3.8) is 0 Å². The molecule has 0 fully saturated rings. The van der Waals surface area contributed by atoms with Crippen LogP contribution in [0.5, 0.6) is 0 Å². The van der Waals surface area contributed by atoms with Crippen molar-refractivity contribution in [1.29, 1.82) is 0 Å². The minimum absolute atomic E-state index is 0. The van der Waals surface area contributed by atoms with Gasteiger partial charge in [-0.15, -0.1) is 12.4 Å². The molecule has 7 heteroatoms. The molecule has 3 N–H and O–H groups in total. The predicted molar refractivity (Wildman–Crippen MR) is 64.7 cm³/mol. The summed E-state index contributed by atoms with van der Waals surface area (Å²) in [5.41, 5.74) is 4.72. The Kier molecular flexibility index (Phi) is 6.14. The molecule has 1 rings (SSSR count). The number of carbonyl (C=O) groups excluding carboxylic acids is 1. The second kappa shape index (κ2) is 6.61. The van der Waals surface area contributed by atoms with Gasteiger partial charge in [0.05, 0.1) is 5.56 Å². The van der Waals surface area contributed by atoms with Gasteiger partial charge in [0.15, 0.2) is 0 Å². The molecule has 0 aliphatic rings. The molecule has 1 amide bonds. The number of rotatable bonds is 3. The van der Waals surface area contributed by atoms with Gasteiger partial charge in [-0.1, -0.05) is 0 Å². The van der Waals surface area contributed by atoms with E-state index in [0.29, 0.717) is 0 Å². The Bertz CT molecular complexity index is 392. The van der Waals surface area contributed by atoms with Gasteiger partial charge in [0.2, 0.25) is 0 Å². The van der Waals surface area contributed by atoms with Crippen LogP contribution in [0.3, 0.4) is 0 Å². The summed E-state index contributed by atoms with van der Waals surface area (Å²) in [6, 6.07) is 3.82. The monoisotopic (exact) mass is 282 g/mol. The van der Waals surface area contributed by atoms with Crippen molar-refractivity contribution in [3.05, 3.63) is 35.4 Å². The first-order valence-electron chi connectivity index (χ1n) is 5.02. The zero-order chi connectivity index (χ0) is 13.1. The van der Waals surface area contributed by atoms with E-state index in [-0.39, 0.29) is 30.6 Å². The quantitative estimate of drug-likeness (QED) is 0.893. The average Bonchev–Trinajstić information content (AvgIpc) is 2.27. The number of nitrogens with two attached hydrogens (primary N) is 1. The molecule has 3 nitrogen and oxygen atoms in total. The van der Waals surface area contributed by atoms with E-state index in [1.165, 1.54) is 0 Å². The molecule has 0 aromatic heterocycles. The first-order chi connectivity index (χ1) is 7.84. The van der Waals surface area contributed by atoms with E-state index < -0.39 is 17.6 Å². The fourth-order valence-electron chi connectivity index (χ4n) is 1.18. The zero-order valence-electron chi connectivity index (χ0n) is 9.62. The van der Waals surface area contributed by atoms with Crippen molar-refractivity contribution in [2.75, 3.05) is 6.54 Å². The third kappa shape index (κ3) is 4.54. The average molecular weight is 283 g/mol. The number of hydrogen-bond donors (Lipinski definition) is 2. The van der Waals surface area contributed by atoms with Crippen molar-refractivity contribution in [2.45, 2.75) is 19.1 Å². The highest BCUT2D eigenvalue weighted by atomic mass is 35.5. The number of benzene rings is 1. The summed E-state index contributed by atoms with van der Waals surface area (Å²) in [4.78, 5) is 11.5. The van der Waals surface area contributed by atoms with Gasteiger partial charge in [0, 0.05) is 18.2 Å². The number of carbonyl (C=O) groups is 1. The SMILES string of the molecule is C[C@@H](CN)NC(=O)c1ccc(C(F)(F)F)cc1.Cl. The fraction of sp³-hybridized carbons (Fsp3) is 0.364. The maximum Gasteiger partial charge on any atom is 0.416 e. The molecule has 0 saturated carbocycles. The Balaban J connectivity index is 0.00000289. The van der Waals surface area contributed by atoms with Crippen LogP contribution in [0.4, 0.5) is 13.2 Å². The molecule has 1 aromatic carbocycles. The van der Waals surface area contributed by atoms with E-state index in [2.05, 4.69) is 5.32 Å². The van der Waals surface area contributed by atoms with E-state index in [1.54, 1.807) is 6.92 Å². The van der Waals surface area contributed by atoms with Crippen LogP contribution in [0.25, 0.3) is 0 Å². The Morgan fingerprint density at radius 2 is 1.83 bits per heavy atom. The van der Waals surface area contributed by atoms with Gasteiger partial charge in [0.25, 0.3) is 5.91 Å². The van der Waals surface area contributed by atoms with Gasteiger partial charge < -0.3 is 11.1 Å². The van der Waals surface area contributed by atoms with Gasteiger partial charge in [-0.2, -0.15) is 13.2 Å². The number of alkyl halides is 3. The molecular formula is C11H14ClF3N2O. The van der Waals surface area contributed by atoms with Crippen LogP contribution in [0, 0.1) is 0 Å². The van der Waals surface area contributed by atoms with E-state index in [4.69, 9.17) is 5.73 Å². The first-order valence-corrected chi connectivity index (χ1v) is 5.02. The predicted octanol–water partition coefficient (Wildman–Crippen LogP) is 2.20. The minimum Gasteiger partial charge on any atom is -0.348 e. The van der Waals surface area contributed by atoms with Gasteiger partial charge in [-0.25, -0.2) is 0 Å². The van der Waals surface area contributed by atoms with E-state index in [1.807, 2.05) is 0 Å². The maximum absolute atomic E-state index is 12.3. The first kappa shape index (κ1) is 16.7. The molecule has 0 spiro atoms. The third-order valence-electron chi connectivity index (χ3n) is 2.21. The van der Waals surface area contributed by atoms with Crippen LogP contribution in [0.1, 0.15) is 22.8 Å². The van der Waals surface area contributed by atoms with Crippen LogP contribution in [-0.2, 0) is 6.18 Å². The molecule has 18 heavy (non-hydrogen) atoms. The van der Waals surface area contributed by atoms with Crippen LogP contribution in [0.15, 0.2) is 24.3 Å². The maximum atomic E-state index is 12.3. The van der Waals surface area contributed by atoms with Crippen molar-refractivity contribution < 1.29 is 18.0 Å². The summed E-state index contributed by atoms with van der Waals surface area (Å²) in [6.45, 7) is 1.98. The van der Waals surface area contributed by atoms with E-state index in [0.717, 1.165) is 24.3 Å². The van der Waals surface area contributed by atoms with Crippen molar-refractivity contribution in [3.8, 4) is 0 Å². The molecular weight excluding hydrogens is 269 g/mol. The molecule has 102 valence electrons. The second-order valence-corrected chi connectivity index (χ2v) is 3.69. The highest BCUT2D eigenvalue weighted by molar-refractivity contribution is 5.94. The van der Waals surface area contributed by atoms with Crippen LogP contribution in [-0.4, -0.2) is 18.5 Å². The van der Waals surface area contributed by atoms with Crippen LogP contribution < -0.4 is 11.1 Å². The summed E-state index contributed by atoms with van der Waals surface area (Å²) in [6.07, 6.45) is -4.39. The topological polar surface area (TPSA) is 55.1 Å². The van der Waals surface area contributed by atoms with Gasteiger partial charge in [-0.05, 0) is 31.2 Å². The molecule has 1 aromatic rings. The Morgan fingerprint density at radius 1 is 1.33 bits per heavy atom. The molecule has 0 aliphatic heterocycles. The largest absolute Gasteiger partial charge is 0.416 e. The summed E-state index contributed by atoms with van der Waals surface area (Å²) < 4.78 is 36.8. The van der Waals surface area contributed by atoms with Crippen molar-refractivity contribution >= 4 is 18.3 Å². The highest BCUT2D eigenvalue weighted by Gasteiger charge is 2.30. The molecule has 0 bridgehead atoms. The van der Waals surface area contributed by atoms with Gasteiger partial charge in [-0.3, -0.25) is 4.79 Å².